The molecule has 1 fully saturated rings. The summed E-state index contributed by atoms with van der Waals surface area (Å²) in [5, 5.41) is 2.65. The first-order valence-electron chi connectivity index (χ1n) is 11.3. The Hall–Kier alpha value is -2.99. The van der Waals surface area contributed by atoms with Gasteiger partial charge < -0.3 is 10.2 Å². The van der Waals surface area contributed by atoms with Crippen LogP contribution >= 0.6 is 0 Å². The summed E-state index contributed by atoms with van der Waals surface area (Å²) >= 11 is 0. The lowest BCUT2D eigenvalue weighted by Gasteiger charge is -2.27. The monoisotopic (exact) mass is 529 g/mol. The van der Waals surface area contributed by atoms with Crippen LogP contribution < -0.4 is 5.32 Å². The van der Waals surface area contributed by atoms with Crippen LogP contribution in [0.5, 0.6) is 0 Å². The first-order chi connectivity index (χ1) is 16.8. The van der Waals surface area contributed by atoms with Crippen molar-refractivity contribution in [3.05, 3.63) is 65.0 Å². The molecular weight excluding hydrogens is 502 g/mol. The number of carbonyl (C=O) groups excluding carboxylic acids is 2. The molecule has 0 radical (unpaired) electrons. The molecule has 1 saturated heterocycles. The van der Waals surface area contributed by atoms with Crippen LogP contribution in [0.25, 0.3) is 0 Å². The van der Waals surface area contributed by atoms with E-state index in [1.807, 2.05) is 0 Å². The second-order valence-corrected chi connectivity index (χ2v) is 10.8. The van der Waals surface area contributed by atoms with Gasteiger partial charge in [-0.1, -0.05) is 19.1 Å². The van der Waals surface area contributed by atoms with Crippen LogP contribution in [-0.4, -0.2) is 56.1 Å². The van der Waals surface area contributed by atoms with Gasteiger partial charge in [0.15, 0.2) is 0 Å². The Balaban J connectivity index is 1.80. The standard InChI is InChI=1S/C24H27F4N3O4S/c1-4-20(18-11-10-16(14-19(18)25)24(26,27)28)29-22(32)21-9-6-12-31(21)23(33)15-7-5-8-17(13-15)36(34,35)30(2)3/h5,7-8,10-11,13-14,20-21H,4,6,9,12H2,1-3H3,(H,29,32)/t20-,21-/m1/s1. The summed E-state index contributed by atoms with van der Waals surface area (Å²) in [4.78, 5) is 27.5. The maximum atomic E-state index is 14.5. The lowest BCUT2D eigenvalue weighted by molar-refractivity contribution is -0.137. The van der Waals surface area contributed by atoms with Gasteiger partial charge in [-0.3, -0.25) is 9.59 Å². The average molecular weight is 530 g/mol. The van der Waals surface area contributed by atoms with Crippen molar-refractivity contribution >= 4 is 21.8 Å². The Morgan fingerprint density at radius 2 is 1.86 bits per heavy atom. The van der Waals surface area contributed by atoms with Crippen molar-refractivity contribution in [2.45, 2.75) is 49.3 Å². The zero-order valence-corrected chi connectivity index (χ0v) is 20.8. The van der Waals surface area contributed by atoms with Gasteiger partial charge in [0, 0.05) is 31.8 Å². The molecule has 0 bridgehead atoms. The quantitative estimate of drug-likeness (QED) is 0.550. The molecule has 196 valence electrons. The zero-order chi connectivity index (χ0) is 26.8. The van der Waals surface area contributed by atoms with Crippen molar-refractivity contribution in [1.82, 2.24) is 14.5 Å². The van der Waals surface area contributed by atoms with Crippen LogP contribution in [0.15, 0.2) is 47.4 Å². The lowest BCUT2D eigenvalue weighted by Crippen LogP contribution is -2.47. The topological polar surface area (TPSA) is 86.8 Å². The highest BCUT2D eigenvalue weighted by Crippen LogP contribution is 2.32. The molecule has 0 aliphatic carbocycles. The number of likely N-dealkylation sites (tertiary alicyclic amines) is 1. The Morgan fingerprint density at radius 3 is 2.44 bits per heavy atom. The number of amides is 2. The van der Waals surface area contributed by atoms with Gasteiger partial charge in [-0.2, -0.15) is 13.2 Å². The van der Waals surface area contributed by atoms with Gasteiger partial charge in [0.05, 0.1) is 16.5 Å². The van der Waals surface area contributed by atoms with Gasteiger partial charge in [-0.15, -0.1) is 0 Å². The van der Waals surface area contributed by atoms with E-state index in [2.05, 4.69) is 5.32 Å². The van der Waals surface area contributed by atoms with Gasteiger partial charge >= 0.3 is 6.18 Å². The molecule has 2 amide bonds. The van der Waals surface area contributed by atoms with Crippen LogP contribution in [-0.2, 0) is 21.0 Å². The van der Waals surface area contributed by atoms with Gasteiger partial charge in [0.2, 0.25) is 15.9 Å². The van der Waals surface area contributed by atoms with Crippen LogP contribution in [0, 0.1) is 5.82 Å². The molecule has 0 aromatic heterocycles. The maximum Gasteiger partial charge on any atom is 0.416 e. The van der Waals surface area contributed by atoms with E-state index < -0.39 is 51.5 Å². The molecule has 1 N–H and O–H groups in total. The third kappa shape index (κ3) is 5.70. The van der Waals surface area contributed by atoms with Crippen LogP contribution in [0.1, 0.15) is 53.7 Å². The number of nitrogens with one attached hydrogen (secondary N) is 1. The molecule has 12 heteroatoms. The summed E-state index contributed by atoms with van der Waals surface area (Å²) in [6, 6.07) is 5.87. The zero-order valence-electron chi connectivity index (χ0n) is 20.0. The summed E-state index contributed by atoms with van der Waals surface area (Å²) in [6.45, 7) is 1.91. The van der Waals surface area contributed by atoms with Crippen molar-refractivity contribution in [2.75, 3.05) is 20.6 Å². The maximum absolute atomic E-state index is 14.5. The molecule has 3 rings (SSSR count). The van der Waals surface area contributed by atoms with Crippen molar-refractivity contribution in [2.24, 2.45) is 0 Å². The van der Waals surface area contributed by atoms with E-state index in [0.29, 0.717) is 18.9 Å². The molecule has 2 aromatic rings. The number of rotatable bonds is 7. The third-order valence-electron chi connectivity index (χ3n) is 6.10. The number of sulfonamides is 1. The third-order valence-corrected chi connectivity index (χ3v) is 7.91. The van der Waals surface area contributed by atoms with E-state index in [9.17, 15) is 35.6 Å². The number of halogens is 4. The summed E-state index contributed by atoms with van der Waals surface area (Å²) in [7, 11) is -1.04. The predicted molar refractivity (Wildman–Crippen MR) is 124 cm³/mol. The van der Waals surface area contributed by atoms with E-state index in [1.54, 1.807) is 6.92 Å². The van der Waals surface area contributed by atoms with Crippen LogP contribution in [0.2, 0.25) is 0 Å². The minimum atomic E-state index is -4.70. The Labute approximate surface area is 207 Å². The number of nitrogens with zero attached hydrogens (tertiary/aromatic N) is 2. The highest BCUT2D eigenvalue weighted by molar-refractivity contribution is 7.89. The summed E-state index contributed by atoms with van der Waals surface area (Å²) in [6.07, 6.45) is -3.64. The lowest BCUT2D eigenvalue weighted by atomic mass is 10.0. The molecule has 1 aliphatic rings. The van der Waals surface area contributed by atoms with Gasteiger partial charge in [-0.05, 0) is 49.6 Å². The number of alkyl halides is 3. The Bertz CT molecular complexity index is 1250. The van der Waals surface area contributed by atoms with E-state index in [4.69, 9.17) is 0 Å². The van der Waals surface area contributed by atoms with Gasteiger partial charge in [-0.25, -0.2) is 17.1 Å². The number of carbonyl (C=O) groups is 2. The molecule has 0 unspecified atom stereocenters. The van der Waals surface area contributed by atoms with E-state index >= 15 is 0 Å². The second-order valence-electron chi connectivity index (χ2n) is 8.68. The molecular formula is C24H27F4N3O4S. The summed E-state index contributed by atoms with van der Waals surface area (Å²) in [5.74, 6) is -2.18. The van der Waals surface area contributed by atoms with Crippen LogP contribution in [0.3, 0.4) is 0 Å². The highest BCUT2D eigenvalue weighted by Gasteiger charge is 2.36. The molecule has 0 spiro atoms. The SMILES string of the molecule is CC[C@@H](NC(=O)[C@H]1CCCN1C(=O)c1cccc(S(=O)(=O)N(C)C)c1)c1ccc(C(F)(F)F)cc1F. The van der Waals surface area contributed by atoms with Crippen molar-refractivity contribution in [1.29, 1.82) is 0 Å². The number of hydrogen-bond acceptors (Lipinski definition) is 4. The fraction of sp³-hybridized carbons (Fsp3) is 0.417. The largest absolute Gasteiger partial charge is 0.416 e. The van der Waals surface area contributed by atoms with Crippen molar-refractivity contribution < 1.29 is 35.6 Å². The molecule has 2 aromatic carbocycles. The molecule has 1 aliphatic heterocycles. The van der Waals surface area contributed by atoms with Crippen molar-refractivity contribution in [3.63, 3.8) is 0 Å². The Kier molecular flexibility index (Phi) is 8.09. The normalized spacial score (nSPS) is 17.3. The van der Waals surface area contributed by atoms with Gasteiger partial charge in [0.1, 0.15) is 11.9 Å². The van der Waals surface area contributed by atoms with E-state index in [1.165, 1.54) is 43.3 Å². The first-order valence-corrected chi connectivity index (χ1v) is 12.7. The molecule has 1 heterocycles. The van der Waals surface area contributed by atoms with Crippen LogP contribution in [0.4, 0.5) is 17.6 Å². The number of hydrogen-bond donors (Lipinski definition) is 1. The smallest absolute Gasteiger partial charge is 0.347 e. The van der Waals surface area contributed by atoms with E-state index in [-0.39, 0.29) is 29.0 Å². The second kappa shape index (κ2) is 10.6. The molecule has 36 heavy (non-hydrogen) atoms. The predicted octanol–water partition coefficient (Wildman–Crippen LogP) is 3.97. The average Bonchev–Trinajstić information content (AvgIpc) is 3.31. The van der Waals surface area contributed by atoms with Gasteiger partial charge in [0.25, 0.3) is 5.91 Å². The minimum Gasteiger partial charge on any atom is -0.347 e. The molecule has 2 atom stereocenters. The van der Waals surface area contributed by atoms with Crippen molar-refractivity contribution in [3.8, 4) is 0 Å². The molecule has 7 nitrogen and oxygen atoms in total. The number of benzene rings is 2. The minimum absolute atomic E-state index is 0.0672. The first kappa shape index (κ1) is 27.6. The summed E-state index contributed by atoms with van der Waals surface area (Å²) in [5.41, 5.74) is -1.12. The Morgan fingerprint density at radius 1 is 1.17 bits per heavy atom. The summed E-state index contributed by atoms with van der Waals surface area (Å²) < 4.78 is 79.0. The fourth-order valence-electron chi connectivity index (χ4n) is 4.10. The van der Waals surface area contributed by atoms with E-state index in [0.717, 1.165) is 16.4 Å². The molecule has 0 saturated carbocycles. The highest BCUT2D eigenvalue weighted by atomic mass is 32.2. The fourth-order valence-corrected chi connectivity index (χ4v) is 5.05.